The van der Waals surface area contributed by atoms with E-state index >= 15 is 0 Å². The summed E-state index contributed by atoms with van der Waals surface area (Å²) in [6.45, 7) is 5.15. The highest BCUT2D eigenvalue weighted by Gasteiger charge is 2.20. The van der Waals surface area contributed by atoms with Crippen LogP contribution in [0.2, 0.25) is 0 Å². The molecule has 10 heteroatoms. The summed E-state index contributed by atoms with van der Waals surface area (Å²) >= 11 is 0. The number of benzene rings is 2. The van der Waals surface area contributed by atoms with Crippen LogP contribution in [0, 0.1) is 0 Å². The molecule has 0 radical (unpaired) electrons. The van der Waals surface area contributed by atoms with Gasteiger partial charge in [-0.3, -0.25) is 18.8 Å². The molecule has 0 spiro atoms. The molecule has 0 amide bonds. The molecule has 0 unspecified atom stereocenters. The number of rotatable bonds is 10. The topological polar surface area (TPSA) is 79.9 Å². The van der Waals surface area contributed by atoms with E-state index in [9.17, 15) is 9.59 Å². The number of unbranched alkanes of at least 4 members (excludes halogenated alkanes) is 2. The van der Waals surface area contributed by atoms with E-state index < -0.39 is 0 Å². The van der Waals surface area contributed by atoms with Crippen molar-refractivity contribution in [2.24, 2.45) is 0 Å². The van der Waals surface area contributed by atoms with Crippen molar-refractivity contribution in [3.8, 4) is 5.75 Å². The summed E-state index contributed by atoms with van der Waals surface area (Å²) in [6.07, 6.45) is 2.34. The monoisotopic (exact) mass is 538 g/mol. The van der Waals surface area contributed by atoms with Crippen molar-refractivity contribution in [1.82, 2.24) is 14.0 Å². The highest BCUT2D eigenvalue weighted by molar-refractivity contribution is 5.85. The van der Waals surface area contributed by atoms with E-state index in [0.717, 1.165) is 50.5 Å². The predicted octanol–water partition coefficient (Wildman–Crippen LogP) is 3.00. The number of hydrogen-bond acceptors (Lipinski definition) is 6. The largest absolute Gasteiger partial charge is 0.495 e. The molecule has 0 atom stereocenters. The number of aryl methyl sites for hydroxylation is 1. The summed E-state index contributed by atoms with van der Waals surface area (Å²) in [5.74, 6) is 0.873. The molecule has 198 valence electrons. The highest BCUT2D eigenvalue weighted by atomic mass is 35.5. The van der Waals surface area contributed by atoms with Gasteiger partial charge in [0.15, 0.2) is 0 Å². The minimum atomic E-state index is -0.250. The number of aromatic nitrogens is 2. The number of para-hydroxylation sites is 3. The molecular weight excluding hydrogens is 503 g/mol. The number of nitrogens with zero attached hydrogens (tertiary/aromatic N) is 4. The van der Waals surface area contributed by atoms with E-state index in [2.05, 4.69) is 15.9 Å². The van der Waals surface area contributed by atoms with E-state index in [-0.39, 0.29) is 42.7 Å². The molecule has 4 rings (SSSR count). The fourth-order valence-electron chi connectivity index (χ4n) is 4.69. The van der Waals surface area contributed by atoms with Crippen molar-refractivity contribution in [3.63, 3.8) is 0 Å². The third-order valence-corrected chi connectivity index (χ3v) is 6.61. The Hall–Kier alpha value is -2.52. The SMILES string of the molecule is COc1ccccc1N1CCN(CCn2c(=O)c3ccccc3n(CCCCCO)c2=O)CC1.Cl.Cl. The highest BCUT2D eigenvalue weighted by Crippen LogP contribution is 2.28. The molecule has 1 N–H and O–H groups in total. The lowest BCUT2D eigenvalue weighted by atomic mass is 10.2. The van der Waals surface area contributed by atoms with Crippen molar-refractivity contribution in [3.05, 3.63) is 69.4 Å². The molecule has 0 bridgehead atoms. The van der Waals surface area contributed by atoms with Gasteiger partial charge < -0.3 is 14.7 Å². The van der Waals surface area contributed by atoms with Crippen LogP contribution < -0.4 is 20.9 Å². The molecular formula is C26H36Cl2N4O4. The maximum absolute atomic E-state index is 13.3. The van der Waals surface area contributed by atoms with Gasteiger partial charge in [0.25, 0.3) is 5.56 Å². The van der Waals surface area contributed by atoms with Crippen molar-refractivity contribution in [2.75, 3.05) is 51.3 Å². The Morgan fingerprint density at radius 3 is 2.22 bits per heavy atom. The van der Waals surface area contributed by atoms with Crippen LogP contribution in [0.15, 0.2) is 58.1 Å². The summed E-state index contributed by atoms with van der Waals surface area (Å²) in [5.41, 5.74) is 1.31. The Bertz CT molecular complexity index is 1220. The Kier molecular flexibility index (Phi) is 11.8. The minimum Gasteiger partial charge on any atom is -0.495 e. The zero-order valence-electron chi connectivity index (χ0n) is 20.7. The number of hydrogen-bond donors (Lipinski definition) is 1. The standard InChI is InChI=1S/C26H34N4O4.2ClH/c1-34-24-12-6-5-11-23(24)28-17-14-27(15-18-28)16-19-30-25(32)21-9-3-4-10-22(21)29(26(30)33)13-7-2-8-20-31;;/h3-6,9-12,31H,2,7-8,13-20H2,1H3;2*1H. The van der Waals surface area contributed by atoms with Crippen molar-refractivity contribution < 1.29 is 9.84 Å². The molecule has 2 aromatic carbocycles. The second-order valence-electron chi connectivity index (χ2n) is 8.69. The maximum Gasteiger partial charge on any atom is 0.331 e. The molecule has 1 saturated heterocycles. The van der Waals surface area contributed by atoms with Gasteiger partial charge in [-0.15, -0.1) is 24.8 Å². The molecule has 0 aliphatic carbocycles. The van der Waals surface area contributed by atoms with Gasteiger partial charge in [-0.2, -0.15) is 0 Å². The zero-order valence-corrected chi connectivity index (χ0v) is 22.3. The lowest BCUT2D eigenvalue weighted by Crippen LogP contribution is -2.49. The Morgan fingerprint density at radius 2 is 1.50 bits per heavy atom. The van der Waals surface area contributed by atoms with E-state index in [1.807, 2.05) is 36.4 Å². The molecule has 2 heterocycles. The van der Waals surface area contributed by atoms with E-state index in [1.54, 1.807) is 17.7 Å². The molecule has 1 fully saturated rings. The quantitative estimate of drug-likeness (QED) is 0.399. The number of methoxy groups -OCH3 is 1. The van der Waals surface area contributed by atoms with Crippen LogP contribution >= 0.6 is 24.8 Å². The first-order chi connectivity index (χ1) is 16.6. The lowest BCUT2D eigenvalue weighted by molar-refractivity contribution is 0.244. The minimum absolute atomic E-state index is 0. The Morgan fingerprint density at radius 1 is 0.806 bits per heavy atom. The first kappa shape index (κ1) is 29.7. The third kappa shape index (κ3) is 6.62. The van der Waals surface area contributed by atoms with Crippen LogP contribution in [0.25, 0.3) is 10.9 Å². The summed E-state index contributed by atoms with van der Waals surface area (Å²) in [4.78, 5) is 31.0. The number of aliphatic hydroxyl groups is 1. The van der Waals surface area contributed by atoms with Gasteiger partial charge >= 0.3 is 5.69 Å². The van der Waals surface area contributed by atoms with Gasteiger partial charge in [0.2, 0.25) is 0 Å². The van der Waals surface area contributed by atoms with Crippen molar-refractivity contribution in [2.45, 2.75) is 32.4 Å². The molecule has 3 aromatic rings. The third-order valence-electron chi connectivity index (χ3n) is 6.61. The van der Waals surface area contributed by atoms with Crippen LogP contribution in [0.5, 0.6) is 5.75 Å². The number of aliphatic hydroxyl groups excluding tert-OH is 1. The normalized spacial score (nSPS) is 13.8. The fraction of sp³-hybridized carbons (Fsp3) is 0.462. The molecule has 8 nitrogen and oxygen atoms in total. The number of ether oxygens (including phenoxy) is 1. The van der Waals surface area contributed by atoms with Crippen LogP contribution in [0.4, 0.5) is 5.69 Å². The number of halogens is 2. The fourth-order valence-corrected chi connectivity index (χ4v) is 4.69. The number of anilines is 1. The van der Waals surface area contributed by atoms with Crippen LogP contribution in [0.1, 0.15) is 19.3 Å². The lowest BCUT2D eigenvalue weighted by Gasteiger charge is -2.36. The molecule has 36 heavy (non-hydrogen) atoms. The van der Waals surface area contributed by atoms with Gasteiger partial charge in [-0.05, 0) is 43.5 Å². The van der Waals surface area contributed by atoms with Crippen LogP contribution in [-0.2, 0) is 13.1 Å². The van der Waals surface area contributed by atoms with Gasteiger partial charge in [-0.1, -0.05) is 24.3 Å². The summed E-state index contributed by atoms with van der Waals surface area (Å²) in [7, 11) is 1.69. The second kappa shape index (κ2) is 14.3. The van der Waals surface area contributed by atoms with Crippen molar-refractivity contribution in [1.29, 1.82) is 0 Å². The van der Waals surface area contributed by atoms with Crippen LogP contribution in [0.3, 0.4) is 0 Å². The van der Waals surface area contributed by atoms with E-state index in [1.165, 1.54) is 4.57 Å². The summed E-state index contributed by atoms with van der Waals surface area (Å²) in [5, 5.41) is 9.62. The summed E-state index contributed by atoms with van der Waals surface area (Å²) in [6, 6.07) is 15.4. The molecule has 1 aliphatic rings. The molecule has 0 saturated carbocycles. The molecule has 1 aliphatic heterocycles. The van der Waals surface area contributed by atoms with Crippen molar-refractivity contribution >= 4 is 41.4 Å². The average molecular weight is 540 g/mol. The average Bonchev–Trinajstić information content (AvgIpc) is 2.88. The van der Waals surface area contributed by atoms with Crippen LogP contribution in [-0.4, -0.2) is 65.6 Å². The molecule has 1 aromatic heterocycles. The van der Waals surface area contributed by atoms with Gasteiger partial charge in [-0.25, -0.2) is 4.79 Å². The number of fused-ring (bicyclic) bond motifs is 1. The van der Waals surface area contributed by atoms with E-state index in [0.29, 0.717) is 37.0 Å². The Labute approximate surface area is 223 Å². The Balaban J connectivity index is 0.00000228. The first-order valence-corrected chi connectivity index (χ1v) is 12.1. The zero-order chi connectivity index (χ0) is 23.9. The maximum atomic E-state index is 13.3. The van der Waals surface area contributed by atoms with Gasteiger partial charge in [0.05, 0.1) is 23.7 Å². The second-order valence-corrected chi connectivity index (χ2v) is 8.69. The van der Waals surface area contributed by atoms with E-state index in [4.69, 9.17) is 9.84 Å². The van der Waals surface area contributed by atoms with Gasteiger partial charge in [0, 0.05) is 52.4 Å². The smallest absolute Gasteiger partial charge is 0.331 e. The first-order valence-electron chi connectivity index (χ1n) is 12.1. The summed E-state index contributed by atoms with van der Waals surface area (Å²) < 4.78 is 8.61. The van der Waals surface area contributed by atoms with Gasteiger partial charge in [0.1, 0.15) is 5.75 Å². The number of piperazine rings is 1. The predicted molar refractivity (Wildman–Crippen MR) is 150 cm³/mol.